The summed E-state index contributed by atoms with van der Waals surface area (Å²) in [6.07, 6.45) is 0. The van der Waals surface area contributed by atoms with Crippen molar-refractivity contribution in [3.63, 3.8) is 0 Å². The summed E-state index contributed by atoms with van der Waals surface area (Å²) >= 11 is 7.24. The Hall–Kier alpha value is -3.04. The molecule has 0 radical (unpaired) electrons. The van der Waals surface area contributed by atoms with Gasteiger partial charge in [0.05, 0.1) is 21.1 Å². The van der Waals surface area contributed by atoms with E-state index in [2.05, 4.69) is 20.3 Å². The van der Waals surface area contributed by atoms with Crippen LogP contribution in [0.4, 0.5) is 0 Å². The fraction of sp³-hybridized carbons (Fsp3) is 0.118. The predicted molar refractivity (Wildman–Crippen MR) is 101 cm³/mol. The lowest BCUT2D eigenvalue weighted by atomic mass is 10.3. The molecule has 10 heteroatoms. The van der Waals surface area contributed by atoms with E-state index in [1.54, 1.807) is 31.2 Å². The highest BCUT2D eigenvalue weighted by molar-refractivity contribution is 7.16. The third-order valence-electron chi connectivity index (χ3n) is 3.92. The second kappa shape index (κ2) is 6.60. The molecule has 0 spiro atoms. The third kappa shape index (κ3) is 3.11. The number of nitrogens with zero attached hydrogens (tertiary/aromatic N) is 4. The number of benzene rings is 1. The number of aromatic amines is 1. The van der Waals surface area contributed by atoms with E-state index in [0.29, 0.717) is 22.1 Å². The molecule has 1 N–H and O–H groups in total. The van der Waals surface area contributed by atoms with Crippen LogP contribution >= 0.6 is 22.9 Å². The zero-order valence-corrected chi connectivity index (χ0v) is 15.8. The molecule has 0 saturated heterocycles. The van der Waals surface area contributed by atoms with Crippen molar-refractivity contribution < 1.29 is 9.53 Å². The second-order valence-electron chi connectivity index (χ2n) is 5.75. The van der Waals surface area contributed by atoms with Gasteiger partial charge in [-0.15, -0.1) is 5.10 Å². The maximum absolute atomic E-state index is 12.5. The van der Waals surface area contributed by atoms with Crippen LogP contribution in [0.1, 0.15) is 21.7 Å². The number of rotatable bonds is 3. The van der Waals surface area contributed by atoms with Gasteiger partial charge in [-0.1, -0.05) is 40.3 Å². The number of pyridine rings is 1. The summed E-state index contributed by atoms with van der Waals surface area (Å²) in [5.74, 6) is -0.625. The molecular formula is C17H12ClN5O3S. The Morgan fingerprint density at radius 1 is 1.30 bits per heavy atom. The number of carbonyl (C=O) groups is 1. The van der Waals surface area contributed by atoms with Crippen molar-refractivity contribution in [1.82, 2.24) is 25.0 Å². The highest BCUT2D eigenvalue weighted by atomic mass is 35.5. The van der Waals surface area contributed by atoms with Gasteiger partial charge in [-0.25, -0.2) is 9.48 Å². The topological polar surface area (TPSA) is 103 Å². The first-order valence-electron chi connectivity index (χ1n) is 7.84. The number of ether oxygens (including phenoxy) is 1. The fourth-order valence-corrected chi connectivity index (χ4v) is 3.59. The minimum absolute atomic E-state index is 0.0493. The smallest absolute Gasteiger partial charge is 0.367 e. The van der Waals surface area contributed by atoms with Gasteiger partial charge in [-0.2, -0.15) is 4.98 Å². The maximum atomic E-state index is 12.5. The van der Waals surface area contributed by atoms with Crippen molar-refractivity contribution >= 4 is 39.3 Å². The molecule has 1 aromatic carbocycles. The molecule has 3 aromatic heterocycles. The Morgan fingerprint density at radius 3 is 2.85 bits per heavy atom. The molecule has 27 heavy (non-hydrogen) atoms. The van der Waals surface area contributed by atoms with Crippen molar-refractivity contribution in [1.29, 1.82) is 0 Å². The number of hydrogen-bond acceptors (Lipinski definition) is 7. The Morgan fingerprint density at radius 2 is 2.07 bits per heavy atom. The summed E-state index contributed by atoms with van der Waals surface area (Å²) in [7, 11) is 0. The quantitative estimate of drug-likeness (QED) is 0.529. The van der Waals surface area contributed by atoms with Gasteiger partial charge >= 0.3 is 10.8 Å². The van der Waals surface area contributed by atoms with Gasteiger partial charge in [0.1, 0.15) is 0 Å². The molecule has 0 aliphatic carbocycles. The van der Waals surface area contributed by atoms with Gasteiger partial charge in [0.15, 0.2) is 11.3 Å². The molecule has 4 rings (SSSR count). The maximum Gasteiger partial charge on any atom is 0.367 e. The van der Waals surface area contributed by atoms with E-state index in [0.717, 1.165) is 21.6 Å². The first kappa shape index (κ1) is 17.4. The number of hydrogen-bond donors (Lipinski definition) is 1. The van der Waals surface area contributed by atoms with E-state index >= 15 is 0 Å². The van der Waals surface area contributed by atoms with E-state index in [1.165, 1.54) is 4.68 Å². The molecule has 0 amide bonds. The summed E-state index contributed by atoms with van der Waals surface area (Å²) in [6.45, 7) is 3.50. The number of aromatic nitrogens is 5. The molecule has 0 aliphatic rings. The molecule has 0 bridgehead atoms. The normalized spacial score (nSPS) is 11.1. The van der Waals surface area contributed by atoms with E-state index in [9.17, 15) is 9.59 Å². The fourth-order valence-electron chi connectivity index (χ4n) is 2.62. The van der Waals surface area contributed by atoms with Crippen molar-refractivity contribution in [3.05, 3.63) is 62.0 Å². The first-order chi connectivity index (χ1) is 12.9. The van der Waals surface area contributed by atoms with E-state index in [4.69, 9.17) is 16.3 Å². The molecule has 4 aromatic rings. The van der Waals surface area contributed by atoms with Crippen LogP contribution in [0.15, 0.2) is 35.1 Å². The molecule has 0 atom stereocenters. The van der Waals surface area contributed by atoms with Crippen molar-refractivity contribution in [2.24, 2.45) is 0 Å². The van der Waals surface area contributed by atoms with Crippen LogP contribution in [-0.2, 0) is 0 Å². The number of fused-ring (bicyclic) bond motifs is 1. The predicted octanol–water partition coefficient (Wildman–Crippen LogP) is 3.05. The van der Waals surface area contributed by atoms with Gasteiger partial charge in [0, 0.05) is 6.07 Å². The SMILES string of the molecule is Cc1cc(OC(=O)c2nnn(-c3ccccc3Cl)c2C)nc2[nH]c(=O)sc12. The van der Waals surface area contributed by atoms with Crippen molar-refractivity contribution in [3.8, 4) is 11.6 Å². The average molecular weight is 402 g/mol. The number of thiazole rings is 1. The molecule has 0 aliphatic heterocycles. The van der Waals surface area contributed by atoms with Gasteiger partial charge in [0.2, 0.25) is 5.88 Å². The molecule has 0 unspecified atom stereocenters. The standard InChI is InChI=1S/C17H12ClN5O3S/c1-8-7-12(19-15-14(8)27-17(25)20-15)26-16(24)13-9(2)23(22-21-13)11-6-4-3-5-10(11)18/h3-7H,1-2H3,(H,19,20,25). The van der Waals surface area contributed by atoms with Crippen molar-refractivity contribution in [2.45, 2.75) is 13.8 Å². The van der Waals surface area contributed by atoms with E-state index in [1.807, 2.05) is 13.0 Å². The highest BCUT2D eigenvalue weighted by Crippen LogP contribution is 2.24. The van der Waals surface area contributed by atoms with Crippen LogP contribution in [0, 0.1) is 13.8 Å². The summed E-state index contributed by atoms with van der Waals surface area (Å²) < 4.78 is 7.53. The van der Waals surface area contributed by atoms with Crippen LogP contribution in [0.25, 0.3) is 16.0 Å². The van der Waals surface area contributed by atoms with Crippen LogP contribution in [0.2, 0.25) is 5.02 Å². The number of aryl methyl sites for hydroxylation is 1. The zero-order chi connectivity index (χ0) is 19.1. The molecule has 3 heterocycles. The molecular weight excluding hydrogens is 390 g/mol. The third-order valence-corrected chi connectivity index (χ3v) is 5.24. The molecule has 0 fully saturated rings. The second-order valence-corrected chi connectivity index (χ2v) is 7.14. The Labute approximate surface area is 161 Å². The molecule has 8 nitrogen and oxygen atoms in total. The minimum atomic E-state index is -0.699. The monoisotopic (exact) mass is 401 g/mol. The number of nitrogens with one attached hydrogen (secondary N) is 1. The summed E-state index contributed by atoms with van der Waals surface area (Å²) in [4.78, 5) is 30.6. The van der Waals surface area contributed by atoms with Gasteiger partial charge < -0.3 is 4.74 Å². The van der Waals surface area contributed by atoms with Crippen LogP contribution < -0.4 is 9.61 Å². The zero-order valence-electron chi connectivity index (χ0n) is 14.2. The number of carbonyl (C=O) groups excluding carboxylic acids is 1. The van der Waals surface area contributed by atoms with Crippen LogP contribution in [0.3, 0.4) is 0 Å². The summed E-state index contributed by atoms with van der Waals surface area (Å²) in [5.41, 5.74) is 2.30. The number of H-pyrrole nitrogens is 1. The minimum Gasteiger partial charge on any atom is -0.403 e. The Bertz CT molecular complexity index is 1240. The van der Waals surface area contributed by atoms with Gasteiger partial charge in [-0.05, 0) is 31.5 Å². The van der Waals surface area contributed by atoms with Crippen LogP contribution in [-0.4, -0.2) is 30.9 Å². The van der Waals surface area contributed by atoms with Crippen molar-refractivity contribution in [2.75, 3.05) is 0 Å². The molecule has 136 valence electrons. The number of esters is 1. The van der Waals surface area contributed by atoms with Gasteiger partial charge in [0.25, 0.3) is 0 Å². The highest BCUT2D eigenvalue weighted by Gasteiger charge is 2.21. The first-order valence-corrected chi connectivity index (χ1v) is 9.03. The number of halogens is 1. The Kier molecular flexibility index (Phi) is 4.25. The lowest BCUT2D eigenvalue weighted by Crippen LogP contribution is -2.12. The van der Waals surface area contributed by atoms with Gasteiger partial charge in [-0.3, -0.25) is 9.78 Å². The van der Waals surface area contributed by atoms with Crippen LogP contribution in [0.5, 0.6) is 5.88 Å². The number of para-hydroxylation sites is 1. The largest absolute Gasteiger partial charge is 0.403 e. The lowest BCUT2D eigenvalue weighted by Gasteiger charge is -2.06. The Balaban J connectivity index is 1.66. The average Bonchev–Trinajstić information content (AvgIpc) is 3.18. The summed E-state index contributed by atoms with van der Waals surface area (Å²) in [5, 5.41) is 8.39. The van der Waals surface area contributed by atoms with E-state index in [-0.39, 0.29) is 16.4 Å². The summed E-state index contributed by atoms with van der Waals surface area (Å²) in [6, 6.07) is 8.69. The molecule has 0 saturated carbocycles. The lowest BCUT2D eigenvalue weighted by molar-refractivity contribution is 0.0721. The van der Waals surface area contributed by atoms with E-state index < -0.39 is 5.97 Å².